The summed E-state index contributed by atoms with van der Waals surface area (Å²) >= 11 is 5.97. The molecule has 0 aliphatic heterocycles. The van der Waals surface area contributed by atoms with Gasteiger partial charge in [-0.1, -0.05) is 30.7 Å². The van der Waals surface area contributed by atoms with Crippen LogP contribution in [0.25, 0.3) is 11.4 Å². The van der Waals surface area contributed by atoms with Gasteiger partial charge in [0.05, 0.1) is 0 Å². The molecule has 20 heavy (non-hydrogen) atoms. The molecular formula is C15H17ClN4. The van der Waals surface area contributed by atoms with Gasteiger partial charge in [-0.2, -0.15) is 15.0 Å². The van der Waals surface area contributed by atoms with Crippen LogP contribution >= 0.6 is 11.6 Å². The van der Waals surface area contributed by atoms with Crippen LogP contribution in [0.5, 0.6) is 0 Å². The van der Waals surface area contributed by atoms with Gasteiger partial charge < -0.3 is 4.90 Å². The van der Waals surface area contributed by atoms with E-state index in [1.54, 1.807) is 0 Å². The van der Waals surface area contributed by atoms with E-state index in [9.17, 15) is 0 Å². The lowest BCUT2D eigenvalue weighted by atomic mass is 9.80. The van der Waals surface area contributed by atoms with Crippen molar-refractivity contribution < 1.29 is 0 Å². The van der Waals surface area contributed by atoms with Gasteiger partial charge in [0, 0.05) is 19.7 Å². The van der Waals surface area contributed by atoms with Gasteiger partial charge in [0.25, 0.3) is 0 Å². The normalized spacial score (nSPS) is 14.9. The molecule has 0 radical (unpaired) electrons. The molecule has 3 rings (SSSR count). The summed E-state index contributed by atoms with van der Waals surface area (Å²) < 4.78 is 0. The number of rotatable bonds is 3. The fourth-order valence-electron chi connectivity index (χ4n) is 2.31. The van der Waals surface area contributed by atoms with Crippen molar-refractivity contribution in [2.45, 2.75) is 25.2 Å². The molecule has 104 valence electrons. The number of halogens is 1. The summed E-state index contributed by atoms with van der Waals surface area (Å²) in [5, 5.41) is 0.224. The van der Waals surface area contributed by atoms with Crippen molar-refractivity contribution in [2.75, 3.05) is 19.0 Å². The first-order chi connectivity index (χ1) is 9.63. The van der Waals surface area contributed by atoms with Gasteiger partial charge in [-0.25, -0.2) is 0 Å². The summed E-state index contributed by atoms with van der Waals surface area (Å²) in [6.07, 6.45) is 3.96. The smallest absolute Gasteiger partial charge is 0.229 e. The number of hydrogen-bond donors (Lipinski definition) is 0. The van der Waals surface area contributed by atoms with Crippen LogP contribution in [0.4, 0.5) is 5.95 Å². The number of nitrogens with zero attached hydrogens (tertiary/aromatic N) is 4. The van der Waals surface area contributed by atoms with Gasteiger partial charge in [0.2, 0.25) is 11.2 Å². The molecule has 0 spiro atoms. The van der Waals surface area contributed by atoms with Crippen molar-refractivity contribution in [2.24, 2.45) is 0 Å². The molecule has 1 aromatic carbocycles. The van der Waals surface area contributed by atoms with E-state index in [1.165, 1.54) is 24.8 Å². The zero-order valence-corrected chi connectivity index (χ0v) is 12.4. The van der Waals surface area contributed by atoms with Crippen LogP contribution in [0.3, 0.4) is 0 Å². The molecule has 0 atom stereocenters. The van der Waals surface area contributed by atoms with Crippen LogP contribution in [0.15, 0.2) is 24.3 Å². The third-order valence-corrected chi connectivity index (χ3v) is 3.91. The molecule has 0 bridgehead atoms. The van der Waals surface area contributed by atoms with Crippen LogP contribution < -0.4 is 4.90 Å². The van der Waals surface area contributed by atoms with Gasteiger partial charge in [-0.15, -0.1) is 0 Å². The minimum absolute atomic E-state index is 0.224. The first-order valence-corrected chi connectivity index (χ1v) is 7.20. The lowest BCUT2D eigenvalue weighted by Gasteiger charge is -2.25. The molecule has 1 aliphatic carbocycles. The first-order valence-electron chi connectivity index (χ1n) is 6.83. The van der Waals surface area contributed by atoms with Gasteiger partial charge in [0.15, 0.2) is 5.82 Å². The predicted molar refractivity (Wildman–Crippen MR) is 81.2 cm³/mol. The summed E-state index contributed by atoms with van der Waals surface area (Å²) in [6, 6.07) is 8.48. The Bertz CT molecular complexity index is 606. The van der Waals surface area contributed by atoms with E-state index >= 15 is 0 Å². The Hall–Kier alpha value is -1.68. The highest BCUT2D eigenvalue weighted by Crippen LogP contribution is 2.36. The van der Waals surface area contributed by atoms with Crippen molar-refractivity contribution in [3.8, 4) is 11.4 Å². The van der Waals surface area contributed by atoms with E-state index in [0.717, 1.165) is 11.5 Å². The lowest BCUT2D eigenvalue weighted by molar-refractivity contribution is 0.420. The van der Waals surface area contributed by atoms with Gasteiger partial charge in [0.1, 0.15) is 0 Å². The maximum atomic E-state index is 5.97. The molecule has 0 unspecified atom stereocenters. The van der Waals surface area contributed by atoms with E-state index in [1.807, 2.05) is 19.0 Å². The second kappa shape index (κ2) is 5.37. The van der Waals surface area contributed by atoms with Crippen molar-refractivity contribution in [3.05, 3.63) is 35.1 Å². The van der Waals surface area contributed by atoms with E-state index in [0.29, 0.717) is 11.8 Å². The fourth-order valence-corrected chi connectivity index (χ4v) is 2.47. The molecule has 1 heterocycles. The monoisotopic (exact) mass is 288 g/mol. The van der Waals surface area contributed by atoms with Crippen LogP contribution in [0.2, 0.25) is 5.28 Å². The maximum absolute atomic E-state index is 5.97. The first kappa shape index (κ1) is 13.3. The van der Waals surface area contributed by atoms with Crippen LogP contribution in [0, 0.1) is 0 Å². The number of hydrogen-bond acceptors (Lipinski definition) is 4. The van der Waals surface area contributed by atoms with Crippen LogP contribution in [0.1, 0.15) is 30.7 Å². The average Bonchev–Trinajstić information content (AvgIpc) is 2.37. The molecule has 1 fully saturated rings. The molecule has 1 saturated carbocycles. The highest BCUT2D eigenvalue weighted by Gasteiger charge is 2.19. The third-order valence-electron chi connectivity index (χ3n) is 3.74. The van der Waals surface area contributed by atoms with Gasteiger partial charge >= 0.3 is 0 Å². The standard InChI is InChI=1S/C15H17ClN4/c1-20(2)15-18-13(17-14(16)19-15)12-8-6-11(7-9-12)10-4-3-5-10/h6-10H,3-5H2,1-2H3. The van der Waals surface area contributed by atoms with Gasteiger partial charge in [-0.3, -0.25) is 0 Å². The molecule has 0 saturated heterocycles. The zero-order valence-electron chi connectivity index (χ0n) is 11.7. The van der Waals surface area contributed by atoms with Crippen LogP contribution in [-0.2, 0) is 0 Å². The Balaban J connectivity index is 1.91. The topological polar surface area (TPSA) is 41.9 Å². The summed E-state index contributed by atoms with van der Waals surface area (Å²) in [5.41, 5.74) is 2.38. The third kappa shape index (κ3) is 2.61. The summed E-state index contributed by atoms with van der Waals surface area (Å²) in [5.74, 6) is 1.93. The molecule has 0 amide bonds. The molecule has 1 aliphatic rings. The lowest BCUT2D eigenvalue weighted by Crippen LogP contribution is -2.14. The highest BCUT2D eigenvalue weighted by atomic mass is 35.5. The molecule has 4 nitrogen and oxygen atoms in total. The predicted octanol–water partition coefficient (Wildman–Crippen LogP) is 3.53. The number of benzene rings is 1. The van der Waals surface area contributed by atoms with Crippen molar-refractivity contribution in [1.29, 1.82) is 0 Å². The van der Waals surface area contributed by atoms with Gasteiger partial charge in [-0.05, 0) is 35.9 Å². The second-order valence-corrected chi connectivity index (χ2v) is 5.71. The number of aromatic nitrogens is 3. The quantitative estimate of drug-likeness (QED) is 0.866. The Morgan fingerprint density at radius 1 is 1.05 bits per heavy atom. The van der Waals surface area contributed by atoms with Crippen molar-refractivity contribution >= 4 is 17.5 Å². The Kier molecular flexibility index (Phi) is 3.57. The SMILES string of the molecule is CN(C)c1nc(Cl)nc(-c2ccc(C3CCC3)cc2)n1. The summed E-state index contributed by atoms with van der Waals surface area (Å²) in [4.78, 5) is 14.6. The second-order valence-electron chi connectivity index (χ2n) is 5.37. The Morgan fingerprint density at radius 3 is 2.30 bits per heavy atom. The largest absolute Gasteiger partial charge is 0.347 e. The maximum Gasteiger partial charge on any atom is 0.229 e. The average molecular weight is 289 g/mol. The molecule has 1 aromatic heterocycles. The van der Waals surface area contributed by atoms with Crippen LogP contribution in [-0.4, -0.2) is 29.0 Å². The molecule has 5 heteroatoms. The van der Waals surface area contributed by atoms with Crippen molar-refractivity contribution in [1.82, 2.24) is 15.0 Å². The van der Waals surface area contributed by atoms with E-state index in [-0.39, 0.29) is 5.28 Å². The molecule has 0 N–H and O–H groups in total. The van der Waals surface area contributed by atoms with Crippen molar-refractivity contribution in [3.63, 3.8) is 0 Å². The number of anilines is 1. The minimum Gasteiger partial charge on any atom is -0.347 e. The minimum atomic E-state index is 0.224. The summed E-state index contributed by atoms with van der Waals surface area (Å²) in [6.45, 7) is 0. The summed E-state index contributed by atoms with van der Waals surface area (Å²) in [7, 11) is 3.77. The fraction of sp³-hybridized carbons (Fsp3) is 0.400. The van der Waals surface area contributed by atoms with E-state index in [4.69, 9.17) is 11.6 Å². The van der Waals surface area contributed by atoms with E-state index < -0.39 is 0 Å². The molecular weight excluding hydrogens is 272 g/mol. The highest BCUT2D eigenvalue weighted by molar-refractivity contribution is 6.28. The molecule has 2 aromatic rings. The Labute approximate surface area is 123 Å². The Morgan fingerprint density at radius 2 is 1.75 bits per heavy atom. The van der Waals surface area contributed by atoms with E-state index in [2.05, 4.69) is 39.2 Å². The zero-order chi connectivity index (χ0) is 14.1.